The molecule has 1 rings (SSSR count). The van der Waals surface area contributed by atoms with Gasteiger partial charge in [-0.05, 0) is 25.1 Å². The molecule has 0 atom stereocenters. The van der Waals surface area contributed by atoms with Crippen molar-refractivity contribution in [3.05, 3.63) is 36.7 Å². The van der Waals surface area contributed by atoms with Crippen LogP contribution in [0.15, 0.2) is 31.0 Å². The lowest BCUT2D eigenvalue weighted by atomic mass is 10.4. The minimum atomic E-state index is 1.12. The first-order chi connectivity index (χ1) is 5.88. The highest BCUT2D eigenvalue weighted by Crippen LogP contribution is 2.03. The highest BCUT2D eigenvalue weighted by atomic mass is 14.9. The van der Waals surface area contributed by atoms with Crippen molar-refractivity contribution in [3.63, 3.8) is 0 Å². The summed E-state index contributed by atoms with van der Waals surface area (Å²) in [6, 6.07) is 4.02. The molecule has 1 nitrogen and oxygen atoms in total. The maximum Gasteiger partial charge on any atom is 0.0443 e. The highest BCUT2D eigenvalue weighted by molar-refractivity contribution is 5.47. The average molecular weight is 163 g/mol. The van der Waals surface area contributed by atoms with E-state index in [9.17, 15) is 0 Å². The van der Waals surface area contributed by atoms with Crippen molar-refractivity contribution in [2.24, 2.45) is 0 Å². The Bertz CT molecular complexity index is 243. The zero-order chi connectivity index (χ0) is 9.40. The molecule has 1 heterocycles. The van der Waals surface area contributed by atoms with E-state index in [0.29, 0.717) is 0 Å². The van der Waals surface area contributed by atoms with E-state index in [1.54, 1.807) is 0 Å². The average Bonchev–Trinajstić information content (AvgIpc) is 2.56. The number of allylic oxidation sites excluding steroid dienone is 1. The van der Waals surface area contributed by atoms with E-state index in [0.717, 1.165) is 5.69 Å². The van der Waals surface area contributed by atoms with Gasteiger partial charge in [0.05, 0.1) is 0 Å². The van der Waals surface area contributed by atoms with E-state index in [2.05, 4.69) is 6.58 Å². The molecule has 0 saturated heterocycles. The molecule has 0 spiro atoms. The summed E-state index contributed by atoms with van der Waals surface area (Å²) in [5.74, 6) is 0. The van der Waals surface area contributed by atoms with Crippen molar-refractivity contribution in [1.82, 2.24) is 4.57 Å². The molecule has 12 heavy (non-hydrogen) atoms. The van der Waals surface area contributed by atoms with Crippen LogP contribution in [0.1, 0.15) is 26.5 Å². The molecule has 0 radical (unpaired) electrons. The topological polar surface area (TPSA) is 4.93 Å². The first kappa shape index (κ1) is 10.8. The molecule has 1 heteroatoms. The van der Waals surface area contributed by atoms with Crippen LogP contribution in [0, 0.1) is 0 Å². The number of hydrogen-bond donors (Lipinski definition) is 0. The predicted octanol–water partition coefficient (Wildman–Crippen LogP) is 3.65. The van der Waals surface area contributed by atoms with Crippen molar-refractivity contribution < 1.29 is 0 Å². The van der Waals surface area contributed by atoms with Gasteiger partial charge in [0.15, 0.2) is 0 Å². The molecule has 1 aromatic heterocycles. The van der Waals surface area contributed by atoms with Crippen LogP contribution < -0.4 is 0 Å². The van der Waals surface area contributed by atoms with Crippen LogP contribution in [0.5, 0.6) is 0 Å². The van der Waals surface area contributed by atoms with Crippen molar-refractivity contribution in [2.45, 2.75) is 20.8 Å². The lowest BCUT2D eigenvalue weighted by molar-refractivity contribution is 1.15. The van der Waals surface area contributed by atoms with Gasteiger partial charge in [0.2, 0.25) is 0 Å². The number of rotatable bonds is 2. The second-order valence-electron chi connectivity index (χ2n) is 2.03. The number of aromatic nitrogens is 1. The van der Waals surface area contributed by atoms with Gasteiger partial charge in [-0.15, -0.1) is 0 Å². The molecular formula is C11H17N. The van der Waals surface area contributed by atoms with Crippen LogP contribution in [-0.2, 0) is 0 Å². The van der Waals surface area contributed by atoms with E-state index in [1.807, 2.05) is 62.0 Å². The summed E-state index contributed by atoms with van der Waals surface area (Å²) in [5, 5.41) is 0. The Hall–Kier alpha value is -1.24. The maximum atomic E-state index is 3.69. The number of nitrogens with zero attached hydrogens (tertiary/aromatic N) is 1. The summed E-state index contributed by atoms with van der Waals surface area (Å²) in [7, 11) is 0. The third kappa shape index (κ3) is 2.79. The molecule has 0 unspecified atom stereocenters. The van der Waals surface area contributed by atoms with Gasteiger partial charge in [-0.2, -0.15) is 0 Å². The molecule has 0 saturated carbocycles. The Labute approximate surface area is 75.0 Å². The van der Waals surface area contributed by atoms with Gasteiger partial charge < -0.3 is 4.57 Å². The van der Waals surface area contributed by atoms with Gasteiger partial charge in [0.25, 0.3) is 0 Å². The van der Waals surface area contributed by atoms with E-state index >= 15 is 0 Å². The van der Waals surface area contributed by atoms with Crippen LogP contribution in [0.3, 0.4) is 0 Å². The Morgan fingerprint density at radius 1 is 1.42 bits per heavy atom. The van der Waals surface area contributed by atoms with Crippen molar-refractivity contribution in [3.8, 4) is 0 Å². The summed E-state index contributed by atoms with van der Waals surface area (Å²) in [6.07, 6.45) is 7.82. The van der Waals surface area contributed by atoms with Crippen molar-refractivity contribution in [1.29, 1.82) is 0 Å². The van der Waals surface area contributed by atoms with Crippen molar-refractivity contribution in [2.75, 3.05) is 0 Å². The standard InChI is InChI=1S/C9H11N.C2H6/c1-3-7-10-8-5-6-9(10)4-2;1-2/h3-8H,2H2,1H3;1-2H3/b7-3-;. The zero-order valence-corrected chi connectivity index (χ0v) is 8.12. The van der Waals surface area contributed by atoms with Crippen LogP contribution >= 0.6 is 0 Å². The second-order valence-corrected chi connectivity index (χ2v) is 2.03. The van der Waals surface area contributed by atoms with Crippen LogP contribution in [0.2, 0.25) is 0 Å². The summed E-state index contributed by atoms with van der Waals surface area (Å²) in [6.45, 7) is 9.68. The molecule has 0 fully saturated rings. The van der Waals surface area contributed by atoms with Gasteiger partial charge in [-0.25, -0.2) is 0 Å². The van der Waals surface area contributed by atoms with E-state index in [4.69, 9.17) is 0 Å². The first-order valence-electron chi connectivity index (χ1n) is 4.30. The van der Waals surface area contributed by atoms with E-state index in [1.165, 1.54) is 0 Å². The summed E-state index contributed by atoms with van der Waals surface area (Å²) in [5.41, 5.74) is 1.12. The molecule has 0 aliphatic carbocycles. The first-order valence-corrected chi connectivity index (χ1v) is 4.30. The predicted molar refractivity (Wildman–Crippen MR) is 56.9 cm³/mol. The van der Waals surface area contributed by atoms with Crippen LogP contribution in [0.4, 0.5) is 0 Å². The van der Waals surface area contributed by atoms with Crippen LogP contribution in [-0.4, -0.2) is 4.57 Å². The smallest absolute Gasteiger partial charge is 0.0443 e. The second kappa shape index (κ2) is 6.47. The van der Waals surface area contributed by atoms with Gasteiger partial charge in [0, 0.05) is 18.1 Å². The monoisotopic (exact) mass is 163 g/mol. The molecule has 0 aliphatic heterocycles. The fourth-order valence-corrected chi connectivity index (χ4v) is 0.876. The summed E-state index contributed by atoms with van der Waals surface area (Å²) >= 11 is 0. The molecule has 0 amide bonds. The molecular weight excluding hydrogens is 146 g/mol. The van der Waals surface area contributed by atoms with E-state index < -0.39 is 0 Å². The Morgan fingerprint density at radius 3 is 2.58 bits per heavy atom. The summed E-state index contributed by atoms with van der Waals surface area (Å²) in [4.78, 5) is 0. The summed E-state index contributed by atoms with van der Waals surface area (Å²) < 4.78 is 2.02. The molecule has 1 aromatic rings. The molecule has 0 aliphatic rings. The molecule has 66 valence electrons. The van der Waals surface area contributed by atoms with Crippen molar-refractivity contribution >= 4 is 12.3 Å². The fraction of sp³-hybridized carbons (Fsp3) is 0.273. The third-order valence-corrected chi connectivity index (χ3v) is 1.33. The maximum absolute atomic E-state index is 3.69. The van der Waals surface area contributed by atoms with Gasteiger partial charge >= 0.3 is 0 Å². The lowest BCUT2D eigenvalue weighted by Crippen LogP contribution is -1.84. The van der Waals surface area contributed by atoms with Gasteiger partial charge in [0.1, 0.15) is 0 Å². The Balaban J connectivity index is 0.000000561. The largest absolute Gasteiger partial charge is 0.324 e. The normalized spacial score (nSPS) is 9.25. The Morgan fingerprint density at radius 2 is 2.08 bits per heavy atom. The lowest BCUT2D eigenvalue weighted by Gasteiger charge is -1.95. The molecule has 0 N–H and O–H groups in total. The third-order valence-electron chi connectivity index (χ3n) is 1.33. The van der Waals surface area contributed by atoms with E-state index in [-0.39, 0.29) is 0 Å². The van der Waals surface area contributed by atoms with Gasteiger partial charge in [-0.3, -0.25) is 0 Å². The Kier molecular flexibility index (Phi) is 5.80. The molecule has 0 aromatic carbocycles. The molecule has 0 bridgehead atoms. The quantitative estimate of drug-likeness (QED) is 0.627. The van der Waals surface area contributed by atoms with Crippen LogP contribution in [0.25, 0.3) is 12.3 Å². The minimum Gasteiger partial charge on any atom is -0.324 e. The highest BCUT2D eigenvalue weighted by Gasteiger charge is 1.88. The fourth-order valence-electron chi connectivity index (χ4n) is 0.876. The minimum absolute atomic E-state index is 1.12. The zero-order valence-electron chi connectivity index (χ0n) is 8.12. The SMILES string of the molecule is C=Cc1cccn1/C=C\C.CC. The number of hydrogen-bond acceptors (Lipinski definition) is 0. The van der Waals surface area contributed by atoms with Gasteiger partial charge in [-0.1, -0.05) is 26.5 Å².